The molecular formula is C12H12ClN3O. The largest absolute Gasteiger partial charge is 0.459 e. The summed E-state index contributed by atoms with van der Waals surface area (Å²) in [5.41, 5.74) is 7.21. The molecule has 4 nitrogen and oxygen atoms in total. The zero-order chi connectivity index (χ0) is 12.1. The fourth-order valence-corrected chi connectivity index (χ4v) is 1.55. The lowest BCUT2D eigenvalue weighted by atomic mass is 10.2. The fraction of sp³-hybridized carbons (Fsp3) is 0.167. The van der Waals surface area contributed by atoms with E-state index in [0.717, 1.165) is 11.3 Å². The Labute approximate surface area is 104 Å². The molecule has 0 saturated heterocycles. The van der Waals surface area contributed by atoms with Crippen LogP contribution in [0, 0.1) is 0 Å². The molecule has 5 heteroatoms. The quantitative estimate of drug-likeness (QED) is 0.902. The lowest BCUT2D eigenvalue weighted by molar-refractivity contribution is 0.279. The number of rotatable bonds is 4. The molecule has 2 aromatic rings. The standard InChI is InChI=1S/C12H12ClN3O/c13-10-3-1-2-9(6-10)8-17-12-15-5-4-11(7-14)16-12/h1-6H,7-8,14H2. The maximum absolute atomic E-state index is 5.87. The van der Waals surface area contributed by atoms with E-state index in [1.165, 1.54) is 0 Å². The summed E-state index contributed by atoms with van der Waals surface area (Å²) in [7, 11) is 0. The molecule has 0 aliphatic carbocycles. The van der Waals surface area contributed by atoms with Crippen LogP contribution in [0.3, 0.4) is 0 Å². The smallest absolute Gasteiger partial charge is 0.316 e. The second-order valence-corrected chi connectivity index (χ2v) is 3.89. The van der Waals surface area contributed by atoms with Gasteiger partial charge in [-0.3, -0.25) is 0 Å². The molecule has 0 fully saturated rings. The Morgan fingerprint density at radius 3 is 2.94 bits per heavy atom. The number of nitrogens with two attached hydrogens (primary N) is 1. The minimum absolute atomic E-state index is 0.327. The van der Waals surface area contributed by atoms with Gasteiger partial charge in [-0.1, -0.05) is 23.7 Å². The zero-order valence-corrected chi connectivity index (χ0v) is 9.89. The number of nitrogens with zero attached hydrogens (tertiary/aromatic N) is 2. The minimum atomic E-state index is 0.327. The number of ether oxygens (including phenoxy) is 1. The summed E-state index contributed by atoms with van der Waals surface area (Å²) in [6.45, 7) is 0.755. The monoisotopic (exact) mass is 249 g/mol. The average Bonchev–Trinajstić information content (AvgIpc) is 2.37. The van der Waals surface area contributed by atoms with Crippen molar-refractivity contribution in [3.63, 3.8) is 0 Å². The molecule has 0 aliphatic heterocycles. The van der Waals surface area contributed by atoms with Crippen LogP contribution in [0.4, 0.5) is 0 Å². The van der Waals surface area contributed by atoms with Crippen molar-refractivity contribution < 1.29 is 4.74 Å². The molecule has 0 aliphatic rings. The Balaban J connectivity index is 2.02. The summed E-state index contributed by atoms with van der Waals surface area (Å²) in [5.74, 6) is 0. The molecule has 0 spiro atoms. The normalized spacial score (nSPS) is 10.2. The number of hydrogen-bond donors (Lipinski definition) is 1. The highest BCUT2D eigenvalue weighted by atomic mass is 35.5. The molecule has 0 saturated carbocycles. The van der Waals surface area contributed by atoms with Gasteiger partial charge in [-0.25, -0.2) is 4.98 Å². The molecule has 0 bridgehead atoms. The van der Waals surface area contributed by atoms with E-state index < -0.39 is 0 Å². The van der Waals surface area contributed by atoms with Crippen molar-refractivity contribution in [3.8, 4) is 6.01 Å². The Bertz CT molecular complexity index is 505. The maximum atomic E-state index is 5.87. The maximum Gasteiger partial charge on any atom is 0.316 e. The van der Waals surface area contributed by atoms with Gasteiger partial charge >= 0.3 is 6.01 Å². The number of hydrogen-bond acceptors (Lipinski definition) is 4. The summed E-state index contributed by atoms with van der Waals surface area (Å²) >= 11 is 5.87. The molecule has 88 valence electrons. The first-order chi connectivity index (χ1) is 8.28. The van der Waals surface area contributed by atoms with Gasteiger partial charge in [-0.2, -0.15) is 4.98 Å². The summed E-state index contributed by atoms with van der Waals surface area (Å²) < 4.78 is 5.45. The van der Waals surface area contributed by atoms with Crippen LogP contribution in [-0.4, -0.2) is 9.97 Å². The van der Waals surface area contributed by atoms with Crippen LogP contribution in [0.25, 0.3) is 0 Å². The lowest BCUT2D eigenvalue weighted by Crippen LogP contribution is -2.04. The Morgan fingerprint density at radius 1 is 1.29 bits per heavy atom. The first kappa shape index (κ1) is 11.8. The van der Waals surface area contributed by atoms with Gasteiger partial charge in [0.15, 0.2) is 0 Å². The summed E-state index contributed by atoms with van der Waals surface area (Å²) in [4.78, 5) is 8.14. The molecule has 0 amide bonds. The number of aromatic nitrogens is 2. The van der Waals surface area contributed by atoms with Gasteiger partial charge in [-0.15, -0.1) is 0 Å². The lowest BCUT2D eigenvalue weighted by Gasteiger charge is -2.05. The molecule has 2 rings (SSSR count). The van der Waals surface area contributed by atoms with Crippen LogP contribution in [-0.2, 0) is 13.2 Å². The third-order valence-electron chi connectivity index (χ3n) is 2.16. The van der Waals surface area contributed by atoms with Gasteiger partial charge < -0.3 is 10.5 Å². The number of benzene rings is 1. The highest BCUT2D eigenvalue weighted by Crippen LogP contribution is 2.12. The van der Waals surface area contributed by atoms with Gasteiger partial charge in [0.2, 0.25) is 0 Å². The molecule has 0 unspecified atom stereocenters. The molecule has 1 aromatic carbocycles. The van der Waals surface area contributed by atoms with Gasteiger partial charge in [0.05, 0.1) is 5.69 Å². The summed E-state index contributed by atoms with van der Waals surface area (Å²) in [6, 6.07) is 9.54. The predicted molar refractivity (Wildman–Crippen MR) is 65.7 cm³/mol. The minimum Gasteiger partial charge on any atom is -0.459 e. The molecule has 0 atom stereocenters. The topological polar surface area (TPSA) is 61.0 Å². The van der Waals surface area contributed by atoms with E-state index in [-0.39, 0.29) is 0 Å². The van der Waals surface area contributed by atoms with Crippen LogP contribution in [0.15, 0.2) is 36.5 Å². The van der Waals surface area contributed by atoms with Crippen molar-refractivity contribution in [2.75, 3.05) is 0 Å². The van der Waals surface area contributed by atoms with Crippen molar-refractivity contribution in [3.05, 3.63) is 52.8 Å². The third kappa shape index (κ3) is 3.41. The van der Waals surface area contributed by atoms with Crippen molar-refractivity contribution in [1.29, 1.82) is 0 Å². The second kappa shape index (κ2) is 5.61. The third-order valence-corrected chi connectivity index (χ3v) is 2.39. The summed E-state index contributed by atoms with van der Waals surface area (Å²) in [6.07, 6.45) is 1.63. The van der Waals surface area contributed by atoms with Crippen molar-refractivity contribution >= 4 is 11.6 Å². The highest BCUT2D eigenvalue weighted by molar-refractivity contribution is 6.30. The van der Waals surface area contributed by atoms with Crippen molar-refractivity contribution in [2.24, 2.45) is 5.73 Å². The van der Waals surface area contributed by atoms with E-state index >= 15 is 0 Å². The first-order valence-electron chi connectivity index (χ1n) is 5.17. The fourth-order valence-electron chi connectivity index (χ4n) is 1.33. The van der Waals surface area contributed by atoms with Crippen LogP contribution in [0.2, 0.25) is 5.02 Å². The molecule has 2 N–H and O–H groups in total. The van der Waals surface area contributed by atoms with Gasteiger partial charge in [-0.05, 0) is 23.8 Å². The molecule has 17 heavy (non-hydrogen) atoms. The highest BCUT2D eigenvalue weighted by Gasteiger charge is 2.00. The van der Waals surface area contributed by atoms with Crippen LogP contribution in [0.1, 0.15) is 11.3 Å². The van der Waals surface area contributed by atoms with Crippen LogP contribution >= 0.6 is 11.6 Å². The summed E-state index contributed by atoms with van der Waals surface area (Å²) in [5, 5.41) is 0.683. The number of halogens is 1. The predicted octanol–water partition coefficient (Wildman–Crippen LogP) is 2.17. The van der Waals surface area contributed by atoms with Gasteiger partial charge in [0.25, 0.3) is 0 Å². The molecule has 0 radical (unpaired) electrons. The average molecular weight is 250 g/mol. The van der Waals surface area contributed by atoms with Crippen molar-refractivity contribution in [1.82, 2.24) is 9.97 Å². The Morgan fingerprint density at radius 2 is 2.18 bits per heavy atom. The van der Waals surface area contributed by atoms with E-state index in [2.05, 4.69) is 9.97 Å². The first-order valence-corrected chi connectivity index (χ1v) is 5.55. The zero-order valence-electron chi connectivity index (χ0n) is 9.14. The van der Waals surface area contributed by atoms with Crippen LogP contribution in [0.5, 0.6) is 6.01 Å². The van der Waals surface area contributed by atoms with Gasteiger partial charge in [0.1, 0.15) is 6.61 Å². The molecule has 1 aromatic heterocycles. The van der Waals surface area contributed by atoms with E-state index in [9.17, 15) is 0 Å². The molecule has 1 heterocycles. The van der Waals surface area contributed by atoms with E-state index in [0.29, 0.717) is 24.2 Å². The Kier molecular flexibility index (Phi) is 3.90. The van der Waals surface area contributed by atoms with E-state index in [1.807, 2.05) is 24.3 Å². The SMILES string of the molecule is NCc1ccnc(OCc2cccc(Cl)c2)n1. The second-order valence-electron chi connectivity index (χ2n) is 3.45. The van der Waals surface area contributed by atoms with Crippen LogP contribution < -0.4 is 10.5 Å². The Hall–Kier alpha value is -1.65. The van der Waals surface area contributed by atoms with Crippen molar-refractivity contribution in [2.45, 2.75) is 13.2 Å². The van der Waals surface area contributed by atoms with Gasteiger partial charge in [0, 0.05) is 17.8 Å². The van der Waals surface area contributed by atoms with E-state index in [1.54, 1.807) is 12.3 Å². The van der Waals surface area contributed by atoms with E-state index in [4.69, 9.17) is 22.1 Å². The molecular weight excluding hydrogens is 238 g/mol.